The van der Waals surface area contributed by atoms with Crippen LogP contribution in [0.15, 0.2) is 24.9 Å². The molecule has 0 saturated carbocycles. The van der Waals surface area contributed by atoms with Crippen LogP contribution in [0.2, 0.25) is 0 Å². The minimum Gasteiger partial charge on any atom is -0.389 e. The molecule has 0 unspecified atom stereocenters. The summed E-state index contributed by atoms with van der Waals surface area (Å²) in [6.45, 7) is 7.71. The van der Waals surface area contributed by atoms with E-state index in [1.165, 1.54) is 0 Å². The summed E-state index contributed by atoms with van der Waals surface area (Å²) in [5.74, 6) is 0. The molecule has 0 fully saturated rings. The van der Waals surface area contributed by atoms with Crippen molar-refractivity contribution < 1.29 is 0 Å². The van der Waals surface area contributed by atoms with Gasteiger partial charge in [0.1, 0.15) is 0 Å². The highest BCUT2D eigenvalue weighted by atomic mass is 14.9. The number of hydrogen-bond acceptors (Lipinski definition) is 1. The summed E-state index contributed by atoms with van der Waals surface area (Å²) in [7, 11) is 0. The minimum absolute atomic E-state index is 0.520. The lowest BCUT2D eigenvalue weighted by Crippen LogP contribution is -2.14. The van der Waals surface area contributed by atoms with Gasteiger partial charge in [-0.25, -0.2) is 0 Å². The Morgan fingerprint density at radius 2 is 2.12 bits per heavy atom. The minimum atomic E-state index is 0.520. The first-order valence-corrected chi connectivity index (χ1v) is 2.81. The van der Waals surface area contributed by atoms with E-state index in [1.54, 1.807) is 6.08 Å². The molecule has 0 aromatic heterocycles. The number of rotatable bonds is 3. The second kappa shape index (κ2) is 4.44. The van der Waals surface area contributed by atoms with Gasteiger partial charge in [0.05, 0.1) is 0 Å². The Bertz CT molecular complexity index is 82.4. The molecule has 8 heavy (non-hydrogen) atoms. The van der Waals surface area contributed by atoms with E-state index in [0.29, 0.717) is 6.04 Å². The summed E-state index contributed by atoms with van der Waals surface area (Å²) in [5.41, 5.74) is 0. The third-order valence-electron chi connectivity index (χ3n) is 0.662. The van der Waals surface area contributed by atoms with Gasteiger partial charge >= 0.3 is 0 Å². The summed E-state index contributed by atoms with van der Waals surface area (Å²) in [6, 6.07) is 0.520. The van der Waals surface area contributed by atoms with E-state index in [2.05, 4.69) is 25.7 Å². The molecule has 0 aliphatic heterocycles. The van der Waals surface area contributed by atoms with E-state index in [-0.39, 0.29) is 0 Å². The van der Waals surface area contributed by atoms with E-state index in [0.717, 1.165) is 0 Å². The summed E-state index contributed by atoms with van der Waals surface area (Å²) in [4.78, 5) is 0. The Labute approximate surface area is 51.1 Å². The standard InChI is InChI=1S/C7H13N/c1-4-5-6-8-7(2)3/h4-8H,1H2,2-3H3. The Morgan fingerprint density at radius 1 is 1.50 bits per heavy atom. The average Bonchev–Trinajstić information content (AvgIpc) is 1.66. The molecule has 0 spiro atoms. The molecule has 46 valence electrons. The highest BCUT2D eigenvalue weighted by Crippen LogP contribution is 1.75. The summed E-state index contributed by atoms with van der Waals surface area (Å²) >= 11 is 0. The summed E-state index contributed by atoms with van der Waals surface area (Å²) < 4.78 is 0. The molecule has 0 saturated heterocycles. The van der Waals surface area contributed by atoms with E-state index in [4.69, 9.17) is 0 Å². The molecule has 0 atom stereocenters. The van der Waals surface area contributed by atoms with Gasteiger partial charge in [-0.1, -0.05) is 12.7 Å². The smallest absolute Gasteiger partial charge is 0.0199 e. The van der Waals surface area contributed by atoms with Crippen LogP contribution < -0.4 is 5.32 Å². The topological polar surface area (TPSA) is 12.0 Å². The molecule has 0 rings (SSSR count). The highest BCUT2D eigenvalue weighted by Gasteiger charge is 1.80. The zero-order valence-corrected chi connectivity index (χ0v) is 5.52. The molecule has 0 aromatic rings. The van der Waals surface area contributed by atoms with Gasteiger partial charge in [-0.15, -0.1) is 0 Å². The lowest BCUT2D eigenvalue weighted by atomic mass is 10.4. The summed E-state index contributed by atoms with van der Waals surface area (Å²) in [6.07, 6.45) is 5.51. The van der Waals surface area contributed by atoms with Gasteiger partial charge in [0.2, 0.25) is 0 Å². The Morgan fingerprint density at radius 3 is 2.50 bits per heavy atom. The molecule has 1 heteroatoms. The number of hydrogen-bond donors (Lipinski definition) is 1. The van der Waals surface area contributed by atoms with Gasteiger partial charge in [-0.05, 0) is 26.1 Å². The predicted molar refractivity (Wildman–Crippen MR) is 37.6 cm³/mol. The van der Waals surface area contributed by atoms with Crippen LogP contribution in [0.3, 0.4) is 0 Å². The van der Waals surface area contributed by atoms with Crippen molar-refractivity contribution in [2.24, 2.45) is 0 Å². The molecular weight excluding hydrogens is 98.1 g/mol. The Hall–Kier alpha value is -0.720. The maximum Gasteiger partial charge on any atom is 0.0199 e. The van der Waals surface area contributed by atoms with Crippen molar-refractivity contribution in [1.82, 2.24) is 5.32 Å². The fourth-order valence-electron chi connectivity index (χ4n) is 0.316. The Balaban J connectivity index is 3.15. The van der Waals surface area contributed by atoms with Crippen molar-refractivity contribution in [2.75, 3.05) is 0 Å². The van der Waals surface area contributed by atoms with E-state index in [1.807, 2.05) is 12.3 Å². The van der Waals surface area contributed by atoms with Crippen LogP contribution in [0.1, 0.15) is 13.8 Å². The average molecular weight is 111 g/mol. The maximum atomic E-state index is 3.53. The van der Waals surface area contributed by atoms with Crippen LogP contribution in [0.4, 0.5) is 0 Å². The van der Waals surface area contributed by atoms with Crippen LogP contribution in [0.5, 0.6) is 0 Å². The first-order valence-electron chi connectivity index (χ1n) is 2.81. The second-order valence-corrected chi connectivity index (χ2v) is 1.92. The van der Waals surface area contributed by atoms with Crippen LogP contribution in [0, 0.1) is 0 Å². The van der Waals surface area contributed by atoms with E-state index >= 15 is 0 Å². The second-order valence-electron chi connectivity index (χ2n) is 1.92. The van der Waals surface area contributed by atoms with Crippen LogP contribution >= 0.6 is 0 Å². The lowest BCUT2D eigenvalue weighted by molar-refractivity contribution is 0.703. The largest absolute Gasteiger partial charge is 0.389 e. The number of nitrogens with one attached hydrogen (secondary N) is 1. The maximum absolute atomic E-state index is 3.53. The molecule has 0 heterocycles. The molecule has 0 aliphatic carbocycles. The van der Waals surface area contributed by atoms with Crippen molar-refractivity contribution in [2.45, 2.75) is 19.9 Å². The number of allylic oxidation sites excluding steroid dienone is 2. The van der Waals surface area contributed by atoms with Gasteiger partial charge in [0, 0.05) is 6.04 Å². The third kappa shape index (κ3) is 5.28. The molecule has 0 aliphatic rings. The van der Waals surface area contributed by atoms with Crippen molar-refractivity contribution in [3.8, 4) is 0 Å². The van der Waals surface area contributed by atoms with Crippen LogP contribution in [0.25, 0.3) is 0 Å². The molecule has 0 bridgehead atoms. The molecule has 0 amide bonds. The SMILES string of the molecule is C=CC=CNC(C)C. The zero-order chi connectivity index (χ0) is 6.41. The fourth-order valence-corrected chi connectivity index (χ4v) is 0.316. The molecule has 0 aromatic carbocycles. The van der Waals surface area contributed by atoms with E-state index in [9.17, 15) is 0 Å². The van der Waals surface area contributed by atoms with E-state index < -0.39 is 0 Å². The normalized spacial score (nSPS) is 10.4. The molecule has 0 radical (unpaired) electrons. The fraction of sp³-hybridized carbons (Fsp3) is 0.429. The molecule has 1 N–H and O–H groups in total. The van der Waals surface area contributed by atoms with Gasteiger partial charge in [-0.3, -0.25) is 0 Å². The highest BCUT2D eigenvalue weighted by molar-refractivity contribution is 4.95. The monoisotopic (exact) mass is 111 g/mol. The Kier molecular flexibility index (Phi) is 4.04. The van der Waals surface area contributed by atoms with Crippen molar-refractivity contribution in [3.63, 3.8) is 0 Å². The van der Waals surface area contributed by atoms with Crippen LogP contribution in [-0.4, -0.2) is 6.04 Å². The molecular formula is C7H13N. The van der Waals surface area contributed by atoms with Gasteiger partial charge < -0.3 is 5.32 Å². The van der Waals surface area contributed by atoms with Crippen molar-refractivity contribution in [1.29, 1.82) is 0 Å². The lowest BCUT2D eigenvalue weighted by Gasteiger charge is -2.00. The first-order chi connectivity index (χ1) is 3.77. The molecule has 1 nitrogen and oxygen atoms in total. The van der Waals surface area contributed by atoms with Crippen molar-refractivity contribution >= 4 is 0 Å². The van der Waals surface area contributed by atoms with Crippen molar-refractivity contribution in [3.05, 3.63) is 24.9 Å². The van der Waals surface area contributed by atoms with Gasteiger partial charge in [0.15, 0.2) is 0 Å². The van der Waals surface area contributed by atoms with Gasteiger partial charge in [0.25, 0.3) is 0 Å². The first kappa shape index (κ1) is 7.28. The quantitative estimate of drug-likeness (QED) is 0.546. The predicted octanol–water partition coefficient (Wildman–Crippen LogP) is 1.68. The zero-order valence-electron chi connectivity index (χ0n) is 5.52. The van der Waals surface area contributed by atoms with Gasteiger partial charge in [-0.2, -0.15) is 0 Å². The third-order valence-corrected chi connectivity index (χ3v) is 0.662. The summed E-state index contributed by atoms with van der Waals surface area (Å²) in [5, 5.41) is 3.09. The van der Waals surface area contributed by atoms with Crippen LogP contribution in [-0.2, 0) is 0 Å².